The van der Waals surface area contributed by atoms with Crippen LogP contribution in [0.4, 0.5) is 11.4 Å². The van der Waals surface area contributed by atoms with Gasteiger partial charge in [0.2, 0.25) is 10.0 Å². The Hall–Kier alpha value is -1.92. The van der Waals surface area contributed by atoms with Crippen molar-refractivity contribution in [3.63, 3.8) is 0 Å². The first kappa shape index (κ1) is 15.5. The zero-order chi connectivity index (χ0) is 15.3. The molecule has 21 heavy (non-hydrogen) atoms. The SMILES string of the molecule is Nc1cccc(OCCS(=O)(=O)Nc2cccc(Cl)c2)c1. The van der Waals surface area contributed by atoms with E-state index in [1.54, 1.807) is 42.5 Å². The molecule has 2 aromatic rings. The molecule has 7 heteroatoms. The summed E-state index contributed by atoms with van der Waals surface area (Å²) in [6.45, 7) is 0.0271. The molecule has 0 aliphatic carbocycles. The summed E-state index contributed by atoms with van der Waals surface area (Å²) in [6, 6.07) is 13.3. The van der Waals surface area contributed by atoms with Gasteiger partial charge in [-0.25, -0.2) is 8.42 Å². The molecule has 0 aromatic heterocycles. The second-order valence-corrected chi connectivity index (χ2v) is 6.63. The van der Waals surface area contributed by atoms with Gasteiger partial charge in [-0.3, -0.25) is 4.72 Å². The van der Waals surface area contributed by atoms with Gasteiger partial charge in [0, 0.05) is 22.5 Å². The zero-order valence-electron chi connectivity index (χ0n) is 11.1. The van der Waals surface area contributed by atoms with Gasteiger partial charge in [-0.1, -0.05) is 23.7 Å². The molecule has 0 saturated carbocycles. The van der Waals surface area contributed by atoms with Gasteiger partial charge < -0.3 is 10.5 Å². The Bertz CT molecular complexity index is 720. The summed E-state index contributed by atoms with van der Waals surface area (Å²) in [7, 11) is -3.50. The van der Waals surface area contributed by atoms with Crippen LogP contribution in [0.15, 0.2) is 48.5 Å². The third kappa shape index (κ3) is 5.17. The number of ether oxygens (including phenoxy) is 1. The lowest BCUT2D eigenvalue weighted by molar-refractivity contribution is 0.341. The van der Waals surface area contributed by atoms with Crippen LogP contribution < -0.4 is 15.2 Å². The van der Waals surface area contributed by atoms with E-state index in [2.05, 4.69) is 4.72 Å². The number of hydrogen-bond acceptors (Lipinski definition) is 4. The van der Waals surface area contributed by atoms with Crippen LogP contribution in [0.2, 0.25) is 5.02 Å². The average molecular weight is 327 g/mol. The van der Waals surface area contributed by atoms with E-state index in [0.29, 0.717) is 22.1 Å². The third-order valence-corrected chi connectivity index (χ3v) is 4.06. The highest BCUT2D eigenvalue weighted by atomic mass is 35.5. The smallest absolute Gasteiger partial charge is 0.236 e. The number of anilines is 2. The summed E-state index contributed by atoms with van der Waals surface area (Å²) in [4.78, 5) is 0. The molecule has 0 radical (unpaired) electrons. The third-order valence-electron chi connectivity index (χ3n) is 2.58. The molecule has 0 amide bonds. The molecule has 0 atom stereocenters. The normalized spacial score (nSPS) is 11.1. The molecule has 2 aromatic carbocycles. The molecular weight excluding hydrogens is 312 g/mol. The highest BCUT2D eigenvalue weighted by Gasteiger charge is 2.11. The molecule has 0 fully saturated rings. The Balaban J connectivity index is 1.90. The van der Waals surface area contributed by atoms with Crippen molar-refractivity contribution in [2.24, 2.45) is 0 Å². The molecule has 0 bridgehead atoms. The first-order valence-corrected chi connectivity index (χ1v) is 8.22. The Morgan fingerprint density at radius 2 is 1.90 bits per heavy atom. The van der Waals surface area contributed by atoms with Crippen LogP contribution in [0.3, 0.4) is 0 Å². The van der Waals surface area contributed by atoms with Gasteiger partial charge in [-0.2, -0.15) is 0 Å². The highest BCUT2D eigenvalue weighted by Crippen LogP contribution is 2.17. The Morgan fingerprint density at radius 1 is 1.14 bits per heavy atom. The van der Waals surface area contributed by atoms with Crippen molar-refractivity contribution in [1.29, 1.82) is 0 Å². The second kappa shape index (κ2) is 6.69. The van der Waals surface area contributed by atoms with Gasteiger partial charge in [0.1, 0.15) is 18.1 Å². The fourth-order valence-electron chi connectivity index (χ4n) is 1.66. The predicted octanol–water partition coefficient (Wildman–Crippen LogP) is 2.74. The van der Waals surface area contributed by atoms with Crippen molar-refractivity contribution in [2.45, 2.75) is 0 Å². The molecule has 3 N–H and O–H groups in total. The van der Waals surface area contributed by atoms with E-state index in [1.165, 1.54) is 6.07 Å². The minimum Gasteiger partial charge on any atom is -0.492 e. The maximum Gasteiger partial charge on any atom is 0.236 e. The van der Waals surface area contributed by atoms with Crippen LogP contribution in [-0.4, -0.2) is 20.8 Å². The van der Waals surface area contributed by atoms with Crippen LogP contribution in [0.5, 0.6) is 5.75 Å². The first-order chi connectivity index (χ1) is 9.94. The molecule has 0 saturated heterocycles. The van der Waals surface area contributed by atoms with Crippen molar-refractivity contribution in [1.82, 2.24) is 0 Å². The number of hydrogen-bond donors (Lipinski definition) is 2. The fraction of sp³-hybridized carbons (Fsp3) is 0.143. The molecule has 0 spiro atoms. The lowest BCUT2D eigenvalue weighted by atomic mass is 10.3. The maximum atomic E-state index is 11.9. The van der Waals surface area contributed by atoms with E-state index in [1.807, 2.05) is 0 Å². The van der Waals surface area contributed by atoms with E-state index in [4.69, 9.17) is 22.1 Å². The first-order valence-electron chi connectivity index (χ1n) is 6.19. The second-order valence-electron chi connectivity index (χ2n) is 4.35. The van der Waals surface area contributed by atoms with Gasteiger partial charge in [0.25, 0.3) is 0 Å². The molecule has 112 valence electrons. The fourth-order valence-corrected chi connectivity index (χ4v) is 2.74. The number of rotatable bonds is 6. The Labute approximate surface area is 128 Å². The minimum atomic E-state index is -3.50. The van der Waals surface area contributed by atoms with Crippen molar-refractivity contribution in [3.8, 4) is 5.75 Å². The van der Waals surface area contributed by atoms with E-state index in [-0.39, 0.29) is 12.4 Å². The summed E-state index contributed by atoms with van der Waals surface area (Å²) >= 11 is 5.80. The molecule has 5 nitrogen and oxygen atoms in total. The van der Waals surface area contributed by atoms with Gasteiger partial charge >= 0.3 is 0 Å². The van der Waals surface area contributed by atoms with Crippen LogP contribution in [0.25, 0.3) is 0 Å². The number of halogens is 1. The predicted molar refractivity (Wildman–Crippen MR) is 85.2 cm³/mol. The van der Waals surface area contributed by atoms with E-state index in [9.17, 15) is 8.42 Å². The number of nitrogens with two attached hydrogens (primary N) is 1. The van der Waals surface area contributed by atoms with Crippen molar-refractivity contribution in [2.75, 3.05) is 22.8 Å². The molecular formula is C14H15ClN2O3S. The molecule has 0 aliphatic rings. The van der Waals surface area contributed by atoms with Crippen molar-refractivity contribution in [3.05, 3.63) is 53.6 Å². The lowest BCUT2D eigenvalue weighted by Crippen LogP contribution is -2.21. The summed E-state index contributed by atoms with van der Waals surface area (Å²) < 4.78 is 31.6. The number of nitrogen functional groups attached to an aromatic ring is 1. The van der Waals surface area contributed by atoms with Gasteiger partial charge in [-0.05, 0) is 30.3 Å². The molecule has 2 rings (SSSR count). The monoisotopic (exact) mass is 326 g/mol. The molecule has 0 heterocycles. The Kier molecular flexibility index (Phi) is 4.93. The largest absolute Gasteiger partial charge is 0.492 e. The van der Waals surface area contributed by atoms with E-state index in [0.717, 1.165) is 0 Å². The number of nitrogens with one attached hydrogen (secondary N) is 1. The van der Waals surface area contributed by atoms with E-state index < -0.39 is 10.0 Å². The van der Waals surface area contributed by atoms with Crippen LogP contribution in [-0.2, 0) is 10.0 Å². The van der Waals surface area contributed by atoms with Crippen molar-refractivity contribution < 1.29 is 13.2 Å². The van der Waals surface area contributed by atoms with E-state index >= 15 is 0 Å². The van der Waals surface area contributed by atoms with Gasteiger partial charge in [0.15, 0.2) is 0 Å². The molecule has 0 aliphatic heterocycles. The Morgan fingerprint density at radius 3 is 2.62 bits per heavy atom. The molecule has 0 unspecified atom stereocenters. The zero-order valence-corrected chi connectivity index (χ0v) is 12.7. The number of sulfonamides is 1. The van der Waals surface area contributed by atoms with Crippen molar-refractivity contribution >= 4 is 33.0 Å². The van der Waals surface area contributed by atoms with Crippen LogP contribution >= 0.6 is 11.6 Å². The summed E-state index contributed by atoms with van der Waals surface area (Å²) in [5, 5.41) is 0.464. The quantitative estimate of drug-likeness (QED) is 0.800. The summed E-state index contributed by atoms with van der Waals surface area (Å²) in [5.74, 6) is 0.363. The van der Waals surface area contributed by atoms with Gasteiger partial charge in [-0.15, -0.1) is 0 Å². The summed E-state index contributed by atoms with van der Waals surface area (Å²) in [6.07, 6.45) is 0. The number of benzene rings is 2. The lowest BCUT2D eigenvalue weighted by Gasteiger charge is -2.10. The van der Waals surface area contributed by atoms with Crippen LogP contribution in [0.1, 0.15) is 0 Å². The van der Waals surface area contributed by atoms with Gasteiger partial charge in [0.05, 0.1) is 0 Å². The van der Waals surface area contributed by atoms with Crippen LogP contribution in [0, 0.1) is 0 Å². The topological polar surface area (TPSA) is 81.4 Å². The maximum absolute atomic E-state index is 11.9. The standard InChI is InChI=1S/C14H15ClN2O3S/c15-11-3-1-5-13(9-11)17-21(18,19)8-7-20-14-6-2-4-12(16)10-14/h1-6,9-10,17H,7-8,16H2. The highest BCUT2D eigenvalue weighted by molar-refractivity contribution is 7.92. The average Bonchev–Trinajstić information content (AvgIpc) is 2.38. The minimum absolute atomic E-state index is 0.0271. The summed E-state index contributed by atoms with van der Waals surface area (Å²) in [5.41, 5.74) is 6.59.